The number of amides is 1. The van der Waals surface area contributed by atoms with Crippen LogP contribution in [0.4, 0.5) is 5.00 Å². The molecule has 0 bridgehead atoms. The summed E-state index contributed by atoms with van der Waals surface area (Å²) in [6.45, 7) is 5.21. The van der Waals surface area contributed by atoms with Gasteiger partial charge in [0.2, 0.25) is 0 Å². The maximum absolute atomic E-state index is 13.8. The third-order valence-corrected chi connectivity index (χ3v) is 8.35. The predicted molar refractivity (Wildman–Crippen MR) is 139 cm³/mol. The normalized spacial score (nSPS) is 19.2. The Morgan fingerprint density at radius 3 is 2.91 bits per heavy atom. The highest BCUT2D eigenvalue weighted by atomic mass is 35.5. The van der Waals surface area contributed by atoms with E-state index in [0.717, 1.165) is 49.7 Å². The molecular weight excluding hydrogens is 482 g/mol. The van der Waals surface area contributed by atoms with Crippen LogP contribution in [0.2, 0.25) is 0 Å². The van der Waals surface area contributed by atoms with Gasteiger partial charge in [0.05, 0.1) is 17.3 Å². The van der Waals surface area contributed by atoms with Gasteiger partial charge in [-0.15, -0.1) is 22.9 Å². The standard InChI is InChI=1S/C27H30ClN3O3S/c1-27(2)10-9-20-21(13-27)35-26(30-25(33)18-7-5-6-17(12-18)14-28)23(20)24(32)19-15-29-31(16-19)22-8-3-4-11-34-22/h5-7,12,15-16,22H,3-4,8-11,13-14H2,1-2H3,(H,30,33). The lowest BCUT2D eigenvalue weighted by molar-refractivity contribution is -0.0395. The third-order valence-electron chi connectivity index (χ3n) is 6.89. The van der Waals surface area contributed by atoms with Gasteiger partial charge in [-0.05, 0) is 67.2 Å². The fourth-order valence-corrected chi connectivity index (χ4v) is 6.56. The molecule has 6 nitrogen and oxygen atoms in total. The summed E-state index contributed by atoms with van der Waals surface area (Å²) in [5.74, 6) is -0.00804. The quantitative estimate of drug-likeness (QED) is 0.308. The fourth-order valence-electron chi connectivity index (χ4n) is 4.89. The summed E-state index contributed by atoms with van der Waals surface area (Å²) in [6.07, 6.45) is 9.00. The lowest BCUT2D eigenvalue weighted by Gasteiger charge is -2.29. The molecule has 3 heterocycles. The van der Waals surface area contributed by atoms with Crippen molar-refractivity contribution in [3.8, 4) is 0 Å². The molecule has 5 rings (SSSR count). The molecule has 1 aromatic carbocycles. The Morgan fingerprint density at radius 2 is 2.14 bits per heavy atom. The molecule has 0 spiro atoms. The molecule has 8 heteroatoms. The molecule has 1 fully saturated rings. The number of aromatic nitrogens is 2. The number of rotatable bonds is 6. The zero-order valence-electron chi connectivity index (χ0n) is 20.1. The number of thiophene rings is 1. The number of hydrogen-bond donors (Lipinski definition) is 1. The molecule has 1 aliphatic heterocycles. The minimum Gasteiger partial charge on any atom is -0.357 e. The van der Waals surface area contributed by atoms with Crippen LogP contribution in [0.15, 0.2) is 36.7 Å². The Bertz CT molecular complexity index is 1260. The summed E-state index contributed by atoms with van der Waals surface area (Å²) in [7, 11) is 0. The molecule has 0 radical (unpaired) electrons. The van der Waals surface area contributed by atoms with Crippen molar-refractivity contribution in [2.75, 3.05) is 11.9 Å². The molecule has 35 heavy (non-hydrogen) atoms. The topological polar surface area (TPSA) is 73.2 Å². The van der Waals surface area contributed by atoms with Gasteiger partial charge in [0.25, 0.3) is 5.91 Å². The molecule has 2 aromatic heterocycles. The first-order valence-electron chi connectivity index (χ1n) is 12.2. The highest BCUT2D eigenvalue weighted by Gasteiger charge is 2.33. The van der Waals surface area contributed by atoms with Crippen LogP contribution in [0.25, 0.3) is 0 Å². The molecule has 1 N–H and O–H groups in total. The number of ether oxygens (including phenoxy) is 1. The van der Waals surface area contributed by atoms with E-state index in [0.29, 0.717) is 34.2 Å². The van der Waals surface area contributed by atoms with Crippen molar-refractivity contribution >= 4 is 39.6 Å². The average Bonchev–Trinajstić information content (AvgIpc) is 3.48. The van der Waals surface area contributed by atoms with Crippen molar-refractivity contribution < 1.29 is 14.3 Å². The van der Waals surface area contributed by atoms with Crippen molar-refractivity contribution in [1.29, 1.82) is 0 Å². The van der Waals surface area contributed by atoms with Crippen LogP contribution in [0, 0.1) is 5.41 Å². The second kappa shape index (κ2) is 9.88. The summed E-state index contributed by atoms with van der Waals surface area (Å²) in [6, 6.07) is 7.26. The Balaban J connectivity index is 1.48. The summed E-state index contributed by atoms with van der Waals surface area (Å²) in [5.41, 5.74) is 3.74. The highest BCUT2D eigenvalue weighted by molar-refractivity contribution is 7.17. The van der Waals surface area contributed by atoms with E-state index in [1.54, 1.807) is 29.2 Å². The smallest absolute Gasteiger partial charge is 0.256 e. The molecule has 1 aliphatic carbocycles. The number of nitrogens with one attached hydrogen (secondary N) is 1. The summed E-state index contributed by atoms with van der Waals surface area (Å²) < 4.78 is 7.58. The van der Waals surface area contributed by atoms with E-state index in [1.165, 1.54) is 16.2 Å². The zero-order valence-corrected chi connectivity index (χ0v) is 21.7. The molecule has 2 aliphatic rings. The van der Waals surface area contributed by atoms with E-state index in [-0.39, 0.29) is 23.3 Å². The zero-order chi connectivity index (χ0) is 24.6. The number of anilines is 1. The van der Waals surface area contributed by atoms with Crippen LogP contribution in [0.3, 0.4) is 0 Å². The first kappa shape index (κ1) is 24.2. The van der Waals surface area contributed by atoms with Crippen molar-refractivity contribution in [2.45, 2.75) is 64.5 Å². The van der Waals surface area contributed by atoms with Crippen molar-refractivity contribution in [3.63, 3.8) is 0 Å². The minimum absolute atomic E-state index is 0.103. The SMILES string of the molecule is CC1(C)CCc2c(sc(NC(=O)c3cccc(CCl)c3)c2C(=O)c2cnn(C3CCCCO3)c2)C1. The van der Waals surface area contributed by atoms with Gasteiger partial charge in [-0.2, -0.15) is 5.10 Å². The van der Waals surface area contributed by atoms with Crippen LogP contribution in [-0.2, 0) is 23.5 Å². The number of halogens is 1. The largest absolute Gasteiger partial charge is 0.357 e. The van der Waals surface area contributed by atoms with E-state index in [9.17, 15) is 9.59 Å². The number of nitrogens with zero attached hydrogens (tertiary/aromatic N) is 2. The van der Waals surface area contributed by atoms with Gasteiger partial charge in [-0.3, -0.25) is 9.59 Å². The van der Waals surface area contributed by atoms with Crippen molar-refractivity contribution in [2.24, 2.45) is 5.41 Å². The lowest BCUT2D eigenvalue weighted by atomic mass is 9.76. The molecule has 0 saturated carbocycles. The van der Waals surface area contributed by atoms with Gasteiger partial charge in [-0.25, -0.2) is 4.68 Å². The number of carbonyl (C=O) groups is 2. The second-order valence-corrected chi connectivity index (χ2v) is 11.6. The molecule has 1 saturated heterocycles. The van der Waals surface area contributed by atoms with Gasteiger partial charge in [0.15, 0.2) is 5.78 Å². The van der Waals surface area contributed by atoms with Crippen LogP contribution < -0.4 is 5.32 Å². The number of hydrogen-bond acceptors (Lipinski definition) is 5. The maximum atomic E-state index is 13.8. The van der Waals surface area contributed by atoms with Crippen LogP contribution in [-0.4, -0.2) is 28.1 Å². The van der Waals surface area contributed by atoms with Gasteiger partial charge < -0.3 is 10.1 Å². The number of alkyl halides is 1. The molecule has 184 valence electrons. The first-order chi connectivity index (χ1) is 16.8. The molecular formula is C27H30ClN3O3S. The van der Waals surface area contributed by atoms with Crippen molar-refractivity contribution in [3.05, 3.63) is 69.4 Å². The highest BCUT2D eigenvalue weighted by Crippen LogP contribution is 2.44. The molecule has 1 atom stereocenters. The first-order valence-corrected chi connectivity index (χ1v) is 13.5. The van der Waals surface area contributed by atoms with Gasteiger partial charge in [0, 0.05) is 29.1 Å². The lowest BCUT2D eigenvalue weighted by Crippen LogP contribution is -2.22. The number of benzene rings is 1. The molecule has 1 amide bonds. The van der Waals surface area contributed by atoms with Crippen LogP contribution in [0.5, 0.6) is 0 Å². The van der Waals surface area contributed by atoms with E-state index < -0.39 is 0 Å². The minimum atomic E-state index is -0.241. The van der Waals surface area contributed by atoms with E-state index >= 15 is 0 Å². The monoisotopic (exact) mass is 511 g/mol. The Kier molecular flexibility index (Phi) is 6.84. The molecule has 3 aromatic rings. The Labute approximate surface area is 214 Å². The number of ketones is 1. The number of carbonyl (C=O) groups excluding carboxylic acids is 2. The third kappa shape index (κ3) is 5.08. The van der Waals surface area contributed by atoms with Gasteiger partial charge in [0.1, 0.15) is 11.2 Å². The second-order valence-electron chi connectivity index (χ2n) is 10.2. The van der Waals surface area contributed by atoms with Crippen LogP contribution in [0.1, 0.15) is 88.0 Å². The Morgan fingerprint density at radius 1 is 1.29 bits per heavy atom. The van der Waals surface area contributed by atoms with E-state index in [4.69, 9.17) is 16.3 Å². The fraction of sp³-hybridized carbons (Fsp3) is 0.444. The predicted octanol–water partition coefficient (Wildman–Crippen LogP) is 6.38. The summed E-state index contributed by atoms with van der Waals surface area (Å²) >= 11 is 7.49. The summed E-state index contributed by atoms with van der Waals surface area (Å²) in [5, 5.41) is 8.10. The average molecular weight is 512 g/mol. The maximum Gasteiger partial charge on any atom is 0.256 e. The van der Waals surface area contributed by atoms with Crippen LogP contribution >= 0.6 is 22.9 Å². The summed E-state index contributed by atoms with van der Waals surface area (Å²) in [4.78, 5) is 28.2. The Hall–Kier alpha value is -2.48. The van der Waals surface area contributed by atoms with E-state index in [1.807, 2.05) is 12.1 Å². The number of fused-ring (bicyclic) bond motifs is 1. The van der Waals surface area contributed by atoms with Gasteiger partial charge in [-0.1, -0.05) is 26.0 Å². The van der Waals surface area contributed by atoms with Crippen molar-refractivity contribution in [1.82, 2.24) is 9.78 Å². The van der Waals surface area contributed by atoms with E-state index in [2.05, 4.69) is 24.3 Å². The van der Waals surface area contributed by atoms with Gasteiger partial charge >= 0.3 is 0 Å². The molecule has 1 unspecified atom stereocenters.